The summed E-state index contributed by atoms with van der Waals surface area (Å²) in [6, 6.07) is 24.6. The van der Waals surface area contributed by atoms with Gasteiger partial charge < -0.3 is 14.8 Å². The Morgan fingerprint density at radius 1 is 0.938 bits per heavy atom. The molecule has 4 aromatic rings. The molecule has 3 heterocycles. The van der Waals surface area contributed by atoms with Crippen LogP contribution in [0.15, 0.2) is 85.1 Å². The summed E-state index contributed by atoms with van der Waals surface area (Å²) in [5, 5.41) is 3.90. The zero-order chi connectivity index (χ0) is 22.2. The number of para-hydroxylation sites is 2. The fourth-order valence-corrected chi connectivity index (χ4v) is 4.98. The SMILES string of the molecule is Cc1cc([C@@H]2[C@@H](c3ccccn3)NC(=S)N2c2ccccc2F)c(C)n1-c1ccccc1. The monoisotopic (exact) mass is 442 g/mol. The van der Waals surface area contributed by atoms with Crippen molar-refractivity contribution in [1.82, 2.24) is 14.9 Å². The number of thiocarbonyl (C=S) groups is 1. The molecular formula is C26H23FN4S. The molecular weight excluding hydrogens is 419 g/mol. The standard InChI is InChI=1S/C26H23FN4S/c1-17-16-20(18(2)30(17)19-10-4-3-5-11-19)25-24(22-13-8-9-15-28-22)29-26(32)31(25)23-14-7-6-12-21(23)27/h3-16,24-25H,1-2H3,(H,29,32)/t24-,25-/m1/s1. The van der Waals surface area contributed by atoms with Crippen LogP contribution in [0.4, 0.5) is 10.1 Å². The maximum absolute atomic E-state index is 14.9. The van der Waals surface area contributed by atoms with Crippen molar-refractivity contribution in [3.8, 4) is 5.69 Å². The van der Waals surface area contributed by atoms with Crippen molar-refractivity contribution in [1.29, 1.82) is 0 Å². The van der Waals surface area contributed by atoms with Gasteiger partial charge in [0.05, 0.1) is 23.5 Å². The third-order valence-electron chi connectivity index (χ3n) is 6.01. The molecule has 2 atom stereocenters. The summed E-state index contributed by atoms with van der Waals surface area (Å²) in [6.45, 7) is 4.19. The quantitative estimate of drug-likeness (QED) is 0.405. The molecule has 1 N–H and O–H groups in total. The van der Waals surface area contributed by atoms with E-state index >= 15 is 0 Å². The molecule has 2 aromatic heterocycles. The lowest BCUT2D eigenvalue weighted by Gasteiger charge is -2.28. The van der Waals surface area contributed by atoms with Crippen LogP contribution in [0.5, 0.6) is 0 Å². The maximum atomic E-state index is 14.9. The zero-order valence-corrected chi connectivity index (χ0v) is 18.7. The Morgan fingerprint density at radius 2 is 1.66 bits per heavy atom. The number of halogens is 1. The third-order valence-corrected chi connectivity index (χ3v) is 6.33. The van der Waals surface area contributed by atoms with Gasteiger partial charge in [0.2, 0.25) is 0 Å². The average Bonchev–Trinajstić information content (AvgIpc) is 3.30. The lowest BCUT2D eigenvalue weighted by atomic mass is 9.96. The molecule has 0 spiro atoms. The van der Waals surface area contributed by atoms with Gasteiger partial charge in [-0.05, 0) is 74.1 Å². The highest BCUT2D eigenvalue weighted by Gasteiger charge is 2.43. The van der Waals surface area contributed by atoms with Gasteiger partial charge in [-0.1, -0.05) is 36.4 Å². The third kappa shape index (κ3) is 3.37. The first-order chi connectivity index (χ1) is 15.6. The van der Waals surface area contributed by atoms with Crippen LogP contribution in [-0.2, 0) is 0 Å². The highest BCUT2D eigenvalue weighted by atomic mass is 32.1. The molecule has 1 aliphatic heterocycles. The van der Waals surface area contributed by atoms with Crippen molar-refractivity contribution in [3.05, 3.63) is 114 Å². The Hall–Kier alpha value is -3.51. The van der Waals surface area contributed by atoms with E-state index in [9.17, 15) is 4.39 Å². The highest BCUT2D eigenvalue weighted by Crippen LogP contribution is 2.44. The predicted octanol–water partition coefficient (Wildman–Crippen LogP) is 5.81. The van der Waals surface area contributed by atoms with Crippen molar-refractivity contribution in [2.75, 3.05) is 4.90 Å². The number of nitrogens with zero attached hydrogens (tertiary/aromatic N) is 3. The molecule has 1 fully saturated rings. The molecule has 2 aromatic carbocycles. The second kappa shape index (κ2) is 8.20. The Bertz CT molecular complexity index is 1270. The molecule has 0 bridgehead atoms. The van der Waals surface area contributed by atoms with E-state index in [1.165, 1.54) is 6.07 Å². The lowest BCUT2D eigenvalue weighted by Crippen LogP contribution is -2.30. The van der Waals surface area contributed by atoms with Crippen LogP contribution < -0.4 is 10.2 Å². The fraction of sp³-hybridized carbons (Fsp3) is 0.154. The predicted molar refractivity (Wildman–Crippen MR) is 130 cm³/mol. The molecule has 1 aliphatic rings. The molecule has 1 saturated heterocycles. The minimum absolute atomic E-state index is 0.215. The number of pyridine rings is 1. The van der Waals surface area contributed by atoms with Crippen LogP contribution >= 0.6 is 12.2 Å². The van der Waals surface area contributed by atoms with Crippen molar-refractivity contribution in [3.63, 3.8) is 0 Å². The van der Waals surface area contributed by atoms with Gasteiger partial charge in [-0.3, -0.25) is 4.98 Å². The number of hydrogen-bond donors (Lipinski definition) is 1. The number of aryl methyl sites for hydroxylation is 1. The number of benzene rings is 2. The number of aromatic nitrogens is 2. The molecule has 0 aliphatic carbocycles. The molecule has 5 rings (SSSR count). The maximum Gasteiger partial charge on any atom is 0.174 e. The topological polar surface area (TPSA) is 33.1 Å². The van der Waals surface area contributed by atoms with Crippen LogP contribution in [0.1, 0.15) is 34.7 Å². The van der Waals surface area contributed by atoms with Gasteiger partial charge in [0.15, 0.2) is 5.11 Å². The smallest absolute Gasteiger partial charge is 0.174 e. The summed E-state index contributed by atoms with van der Waals surface area (Å²) in [6.07, 6.45) is 1.77. The number of hydrogen-bond acceptors (Lipinski definition) is 2. The van der Waals surface area contributed by atoms with Crippen molar-refractivity contribution in [2.24, 2.45) is 0 Å². The van der Waals surface area contributed by atoms with Gasteiger partial charge in [-0.25, -0.2) is 4.39 Å². The minimum Gasteiger partial charge on any atom is -0.351 e. The molecule has 0 amide bonds. The lowest BCUT2D eigenvalue weighted by molar-refractivity contribution is 0.556. The average molecular weight is 443 g/mol. The van der Waals surface area contributed by atoms with E-state index in [1.807, 2.05) is 47.4 Å². The van der Waals surface area contributed by atoms with E-state index < -0.39 is 0 Å². The molecule has 0 saturated carbocycles. The van der Waals surface area contributed by atoms with Crippen molar-refractivity contribution < 1.29 is 4.39 Å². The van der Waals surface area contributed by atoms with E-state index in [2.05, 4.69) is 46.9 Å². The summed E-state index contributed by atoms with van der Waals surface area (Å²) in [4.78, 5) is 6.48. The molecule has 4 nitrogen and oxygen atoms in total. The van der Waals surface area contributed by atoms with Gasteiger partial charge >= 0.3 is 0 Å². The Labute approximate surface area is 192 Å². The first-order valence-corrected chi connectivity index (χ1v) is 11.0. The molecule has 6 heteroatoms. The normalized spacial score (nSPS) is 18.1. The summed E-state index contributed by atoms with van der Waals surface area (Å²) < 4.78 is 17.2. The Kier molecular flexibility index (Phi) is 5.23. The number of anilines is 1. The van der Waals surface area contributed by atoms with E-state index in [0.29, 0.717) is 10.8 Å². The van der Waals surface area contributed by atoms with Gasteiger partial charge in [-0.15, -0.1) is 0 Å². The first-order valence-electron chi connectivity index (χ1n) is 10.6. The van der Waals surface area contributed by atoms with Crippen LogP contribution in [0, 0.1) is 19.7 Å². The van der Waals surface area contributed by atoms with Gasteiger partial charge in [0, 0.05) is 23.3 Å². The number of rotatable bonds is 4. The van der Waals surface area contributed by atoms with E-state index in [0.717, 1.165) is 28.3 Å². The second-order valence-corrected chi connectivity index (χ2v) is 8.33. The van der Waals surface area contributed by atoms with Gasteiger partial charge in [0.1, 0.15) is 5.82 Å². The minimum atomic E-state index is -0.305. The van der Waals surface area contributed by atoms with Gasteiger partial charge in [0.25, 0.3) is 0 Å². The summed E-state index contributed by atoms with van der Waals surface area (Å²) >= 11 is 5.73. The van der Waals surface area contributed by atoms with E-state index in [1.54, 1.807) is 18.3 Å². The van der Waals surface area contributed by atoms with Crippen LogP contribution in [-0.4, -0.2) is 14.7 Å². The number of nitrogens with one attached hydrogen (secondary N) is 1. The van der Waals surface area contributed by atoms with Gasteiger partial charge in [-0.2, -0.15) is 0 Å². The van der Waals surface area contributed by atoms with E-state index in [-0.39, 0.29) is 17.9 Å². The largest absolute Gasteiger partial charge is 0.351 e. The Morgan fingerprint density at radius 3 is 2.38 bits per heavy atom. The van der Waals surface area contributed by atoms with Crippen molar-refractivity contribution >= 4 is 23.0 Å². The van der Waals surface area contributed by atoms with Crippen LogP contribution in [0.25, 0.3) is 5.69 Å². The van der Waals surface area contributed by atoms with Crippen LogP contribution in [0.3, 0.4) is 0 Å². The zero-order valence-electron chi connectivity index (χ0n) is 17.9. The summed E-state index contributed by atoms with van der Waals surface area (Å²) in [7, 11) is 0. The van der Waals surface area contributed by atoms with E-state index in [4.69, 9.17) is 12.2 Å². The summed E-state index contributed by atoms with van der Waals surface area (Å²) in [5.41, 5.74) is 5.69. The second-order valence-electron chi connectivity index (χ2n) is 7.95. The highest BCUT2D eigenvalue weighted by molar-refractivity contribution is 7.80. The molecule has 0 radical (unpaired) electrons. The van der Waals surface area contributed by atoms with Crippen molar-refractivity contribution in [2.45, 2.75) is 25.9 Å². The molecule has 32 heavy (non-hydrogen) atoms. The fourth-order valence-electron chi connectivity index (χ4n) is 4.64. The first kappa shape index (κ1) is 20.4. The molecule has 0 unspecified atom stereocenters. The molecule has 160 valence electrons. The summed E-state index contributed by atoms with van der Waals surface area (Å²) in [5.74, 6) is -0.305. The van der Waals surface area contributed by atoms with Crippen LogP contribution in [0.2, 0.25) is 0 Å². The Balaban J connectivity index is 1.70.